The van der Waals surface area contributed by atoms with Gasteiger partial charge in [0, 0.05) is 32.4 Å². The molecule has 1 amide bonds. The Hall–Kier alpha value is -3.45. The third-order valence-corrected chi connectivity index (χ3v) is 5.39. The largest absolute Gasteiger partial charge is 0.364 e. The van der Waals surface area contributed by atoms with Crippen LogP contribution < -0.4 is 0 Å². The number of nitrogens with zero attached hydrogens (tertiary/aromatic N) is 5. The maximum atomic E-state index is 13.3. The second-order valence-corrected chi connectivity index (χ2v) is 7.50. The maximum absolute atomic E-state index is 13.3. The van der Waals surface area contributed by atoms with E-state index in [0.29, 0.717) is 18.8 Å². The molecule has 7 heteroatoms. The lowest BCUT2D eigenvalue weighted by Gasteiger charge is -2.23. The van der Waals surface area contributed by atoms with Crippen LogP contribution in [0.15, 0.2) is 71.6 Å². The first-order chi connectivity index (χ1) is 14.5. The van der Waals surface area contributed by atoms with Crippen LogP contribution in [-0.2, 0) is 13.1 Å². The van der Waals surface area contributed by atoms with Gasteiger partial charge in [-0.25, -0.2) is 4.98 Å². The molecule has 30 heavy (non-hydrogen) atoms. The highest BCUT2D eigenvalue weighted by Gasteiger charge is 2.25. The van der Waals surface area contributed by atoms with Gasteiger partial charge in [-0.3, -0.25) is 9.69 Å². The molecule has 154 valence electrons. The highest BCUT2D eigenvalue weighted by atomic mass is 16.5. The summed E-state index contributed by atoms with van der Waals surface area (Å²) in [5.41, 5.74) is 4.01. The molecule has 0 aliphatic heterocycles. The average molecular weight is 403 g/mol. The van der Waals surface area contributed by atoms with Crippen LogP contribution in [0.1, 0.15) is 40.4 Å². The molecule has 0 aliphatic rings. The molecule has 0 spiro atoms. The van der Waals surface area contributed by atoms with Gasteiger partial charge in [0.15, 0.2) is 5.69 Å². The fraction of sp³-hybridized carbons (Fsp3) is 0.261. The molecular formula is C23H25N5O2. The molecule has 0 radical (unpaired) electrons. The lowest BCUT2D eigenvalue weighted by molar-refractivity contribution is 0.0777. The highest BCUT2D eigenvalue weighted by molar-refractivity contribution is 5.94. The second kappa shape index (κ2) is 8.51. The van der Waals surface area contributed by atoms with E-state index in [1.54, 1.807) is 11.2 Å². The third-order valence-electron chi connectivity index (χ3n) is 5.39. The number of benzene rings is 1. The maximum Gasteiger partial charge on any atom is 0.274 e. The number of rotatable bonds is 7. The monoisotopic (exact) mass is 403 g/mol. The van der Waals surface area contributed by atoms with E-state index in [1.165, 1.54) is 0 Å². The molecule has 4 rings (SSSR count). The molecule has 3 aromatic heterocycles. The van der Waals surface area contributed by atoms with Crippen LogP contribution in [0.4, 0.5) is 0 Å². The van der Waals surface area contributed by atoms with E-state index in [2.05, 4.69) is 22.0 Å². The molecule has 0 fully saturated rings. The van der Waals surface area contributed by atoms with E-state index in [4.69, 9.17) is 4.52 Å². The Kier molecular flexibility index (Phi) is 5.63. The summed E-state index contributed by atoms with van der Waals surface area (Å²) in [6.07, 6.45) is 3.52. The Balaban J connectivity index is 1.63. The summed E-state index contributed by atoms with van der Waals surface area (Å²) in [4.78, 5) is 21.8. The van der Waals surface area contributed by atoms with E-state index in [0.717, 1.165) is 22.6 Å². The first kappa shape index (κ1) is 19.8. The Bertz CT molecular complexity index is 1120. The predicted octanol–water partition coefficient (Wildman–Crippen LogP) is 3.79. The number of amides is 1. The number of carbonyl (C=O) groups is 1. The number of aromatic nitrogens is 3. The van der Waals surface area contributed by atoms with Crippen LogP contribution in [0.5, 0.6) is 0 Å². The molecule has 7 nitrogen and oxygen atoms in total. The van der Waals surface area contributed by atoms with Crippen molar-refractivity contribution in [2.24, 2.45) is 0 Å². The molecule has 0 unspecified atom stereocenters. The fourth-order valence-corrected chi connectivity index (χ4v) is 3.52. The molecule has 1 aromatic carbocycles. The summed E-state index contributed by atoms with van der Waals surface area (Å²) in [7, 11) is 3.81. The van der Waals surface area contributed by atoms with E-state index in [1.807, 2.05) is 79.3 Å². The lowest BCUT2D eigenvalue weighted by Crippen LogP contribution is -2.29. The van der Waals surface area contributed by atoms with E-state index < -0.39 is 0 Å². The van der Waals surface area contributed by atoms with E-state index >= 15 is 0 Å². The Labute approximate surface area is 175 Å². The number of pyridine rings is 1. The number of carbonyl (C=O) groups excluding carboxylic acids is 1. The van der Waals surface area contributed by atoms with E-state index in [9.17, 15) is 4.79 Å². The van der Waals surface area contributed by atoms with Gasteiger partial charge in [-0.1, -0.05) is 41.6 Å². The predicted molar refractivity (Wildman–Crippen MR) is 114 cm³/mol. The highest BCUT2D eigenvalue weighted by Crippen LogP contribution is 2.22. The van der Waals surface area contributed by atoms with E-state index in [-0.39, 0.29) is 11.9 Å². The minimum atomic E-state index is -0.0972. The Morgan fingerprint density at radius 3 is 2.57 bits per heavy atom. The number of hydrogen-bond acceptors (Lipinski definition) is 5. The van der Waals surface area contributed by atoms with Gasteiger partial charge in [-0.2, -0.15) is 0 Å². The normalized spacial score (nSPS) is 12.4. The van der Waals surface area contributed by atoms with Crippen LogP contribution in [0, 0.1) is 0 Å². The number of fused-ring (bicyclic) bond motifs is 1. The third kappa shape index (κ3) is 3.97. The summed E-state index contributed by atoms with van der Waals surface area (Å²) >= 11 is 0. The van der Waals surface area contributed by atoms with Crippen LogP contribution in [-0.4, -0.2) is 44.3 Å². The average Bonchev–Trinajstić information content (AvgIpc) is 3.42. The topological polar surface area (TPSA) is 66.9 Å². The number of imidazole rings is 1. The molecule has 0 N–H and O–H groups in total. The molecule has 0 saturated heterocycles. The number of hydrogen-bond donors (Lipinski definition) is 0. The van der Waals surface area contributed by atoms with Crippen LogP contribution in [0.3, 0.4) is 0 Å². The lowest BCUT2D eigenvalue weighted by atomic mass is 10.2. The summed E-state index contributed by atoms with van der Waals surface area (Å²) in [5, 5.41) is 4.05. The molecule has 0 bridgehead atoms. The van der Waals surface area contributed by atoms with Crippen LogP contribution in [0.2, 0.25) is 0 Å². The summed E-state index contributed by atoms with van der Waals surface area (Å²) in [5.74, 6) is -0.0972. The van der Waals surface area contributed by atoms with Crippen LogP contribution >= 0.6 is 0 Å². The SMILES string of the molecule is C[C@@H](c1ccon1)N(C)Cc1c(C(=O)N(C)Cc2ccccc2)nc2ccccn12. The van der Waals surface area contributed by atoms with Gasteiger partial charge < -0.3 is 13.8 Å². The van der Waals surface area contributed by atoms with Gasteiger partial charge in [0.2, 0.25) is 0 Å². The van der Waals surface area contributed by atoms with Crippen molar-refractivity contribution in [3.63, 3.8) is 0 Å². The molecule has 0 aliphatic carbocycles. The summed E-state index contributed by atoms with van der Waals surface area (Å²) < 4.78 is 6.97. The van der Waals surface area contributed by atoms with Crippen molar-refractivity contribution in [3.05, 3.63) is 89.7 Å². The first-order valence-corrected chi connectivity index (χ1v) is 9.90. The van der Waals surface area contributed by atoms with Gasteiger partial charge in [0.25, 0.3) is 5.91 Å². The van der Waals surface area contributed by atoms with Crippen molar-refractivity contribution >= 4 is 11.6 Å². The minimum absolute atomic E-state index is 0.0306. The minimum Gasteiger partial charge on any atom is -0.364 e. The standard InChI is InChI=1S/C23H25N5O2/c1-17(19-12-14-30-25-19)26(2)16-20-22(24-21-11-7-8-13-28(20)21)23(29)27(3)15-18-9-5-4-6-10-18/h4-14,17H,15-16H2,1-3H3/t17-/m0/s1. The van der Waals surface area contributed by atoms with Gasteiger partial charge >= 0.3 is 0 Å². The van der Waals surface area contributed by atoms with Crippen molar-refractivity contribution < 1.29 is 9.32 Å². The molecule has 1 atom stereocenters. The fourth-order valence-electron chi connectivity index (χ4n) is 3.52. The van der Waals surface area contributed by atoms with Crippen molar-refractivity contribution in [3.8, 4) is 0 Å². The van der Waals surface area contributed by atoms with Gasteiger partial charge in [-0.15, -0.1) is 0 Å². The van der Waals surface area contributed by atoms with Gasteiger partial charge in [0.05, 0.1) is 11.7 Å². The zero-order valence-corrected chi connectivity index (χ0v) is 17.4. The molecule has 4 aromatic rings. The summed E-state index contributed by atoms with van der Waals surface area (Å²) in [6, 6.07) is 17.6. The van der Waals surface area contributed by atoms with Gasteiger partial charge in [0.1, 0.15) is 17.6 Å². The second-order valence-electron chi connectivity index (χ2n) is 7.50. The van der Waals surface area contributed by atoms with Crippen molar-refractivity contribution in [2.75, 3.05) is 14.1 Å². The quantitative estimate of drug-likeness (QED) is 0.470. The van der Waals surface area contributed by atoms with Crippen molar-refractivity contribution in [1.82, 2.24) is 24.3 Å². The van der Waals surface area contributed by atoms with Gasteiger partial charge in [-0.05, 0) is 31.7 Å². The van der Waals surface area contributed by atoms with Crippen molar-refractivity contribution in [2.45, 2.75) is 26.1 Å². The van der Waals surface area contributed by atoms with Crippen LogP contribution in [0.25, 0.3) is 5.65 Å². The van der Waals surface area contributed by atoms with Crippen molar-refractivity contribution in [1.29, 1.82) is 0 Å². The molecular weight excluding hydrogens is 378 g/mol. The first-order valence-electron chi connectivity index (χ1n) is 9.90. The Morgan fingerprint density at radius 1 is 1.07 bits per heavy atom. The smallest absolute Gasteiger partial charge is 0.274 e. The Morgan fingerprint density at radius 2 is 1.83 bits per heavy atom. The zero-order valence-electron chi connectivity index (χ0n) is 17.4. The molecule has 0 saturated carbocycles. The zero-order chi connectivity index (χ0) is 21.1. The summed E-state index contributed by atoms with van der Waals surface area (Å²) in [6.45, 7) is 3.13. The molecule has 3 heterocycles.